The maximum absolute atomic E-state index is 5.58. The highest BCUT2D eigenvalue weighted by atomic mass is 15.2. The molecule has 0 atom stereocenters. The van der Waals surface area contributed by atoms with Gasteiger partial charge in [0, 0.05) is 6.54 Å². The molecule has 0 aliphatic carbocycles. The Balaban J connectivity index is 2.45. The van der Waals surface area contributed by atoms with Gasteiger partial charge in [-0.1, -0.05) is 0 Å². The molecule has 1 aliphatic heterocycles. The van der Waals surface area contributed by atoms with Gasteiger partial charge < -0.3 is 10.6 Å². The number of nitrogens with zero attached hydrogens (tertiary/aromatic N) is 2. The van der Waals surface area contributed by atoms with Gasteiger partial charge in [0.25, 0.3) is 0 Å². The molecule has 0 bridgehead atoms. The van der Waals surface area contributed by atoms with E-state index in [-0.39, 0.29) is 5.54 Å². The Kier molecular flexibility index (Phi) is 3.31. The second-order valence-corrected chi connectivity index (χ2v) is 4.55. The van der Waals surface area contributed by atoms with Crippen molar-refractivity contribution >= 4 is 5.84 Å². The summed E-state index contributed by atoms with van der Waals surface area (Å²) in [4.78, 5) is 6.89. The molecule has 2 N–H and O–H groups in total. The zero-order chi connectivity index (χ0) is 9.90. The third-order valence-electron chi connectivity index (χ3n) is 2.29. The van der Waals surface area contributed by atoms with Gasteiger partial charge in [0.05, 0.1) is 11.4 Å². The predicted molar refractivity (Wildman–Crippen MR) is 57.0 cm³/mol. The lowest BCUT2D eigenvalue weighted by molar-refractivity contribution is 0.273. The highest BCUT2D eigenvalue weighted by Crippen LogP contribution is 2.15. The normalized spacial score (nSPS) is 21.0. The summed E-state index contributed by atoms with van der Waals surface area (Å²) in [6, 6.07) is 0. The molecular formula is C10H21N3. The Morgan fingerprint density at radius 1 is 1.38 bits per heavy atom. The SMILES string of the molecule is CC(N)=NC(C)(C)CN1CCCC1. The third kappa shape index (κ3) is 3.77. The number of hydrogen-bond donors (Lipinski definition) is 1. The van der Waals surface area contributed by atoms with Crippen molar-refractivity contribution in [1.82, 2.24) is 4.90 Å². The first-order valence-corrected chi connectivity index (χ1v) is 5.04. The van der Waals surface area contributed by atoms with Crippen LogP contribution in [-0.4, -0.2) is 35.9 Å². The minimum Gasteiger partial charge on any atom is -0.388 e. The molecule has 0 amide bonds. The first-order chi connectivity index (χ1) is 5.99. The number of aliphatic imine (C=N–C) groups is 1. The number of hydrogen-bond acceptors (Lipinski definition) is 2. The van der Waals surface area contributed by atoms with Crippen molar-refractivity contribution < 1.29 is 0 Å². The van der Waals surface area contributed by atoms with Crippen molar-refractivity contribution in [2.24, 2.45) is 10.7 Å². The molecule has 13 heavy (non-hydrogen) atoms. The summed E-state index contributed by atoms with van der Waals surface area (Å²) in [7, 11) is 0. The fourth-order valence-corrected chi connectivity index (χ4v) is 2.00. The molecule has 0 aromatic carbocycles. The Bertz CT molecular complexity index is 186. The Morgan fingerprint density at radius 2 is 1.92 bits per heavy atom. The minimum absolute atomic E-state index is 0.0246. The van der Waals surface area contributed by atoms with E-state index in [1.54, 1.807) is 0 Å². The van der Waals surface area contributed by atoms with Gasteiger partial charge in [-0.2, -0.15) is 0 Å². The second kappa shape index (κ2) is 4.09. The molecule has 1 heterocycles. The van der Waals surface area contributed by atoms with Crippen molar-refractivity contribution in [1.29, 1.82) is 0 Å². The lowest BCUT2D eigenvalue weighted by atomic mass is 10.1. The molecule has 1 rings (SSSR count). The zero-order valence-corrected chi connectivity index (χ0v) is 9.01. The van der Waals surface area contributed by atoms with E-state index in [4.69, 9.17) is 5.73 Å². The van der Waals surface area contributed by atoms with Crippen LogP contribution in [0.5, 0.6) is 0 Å². The van der Waals surface area contributed by atoms with E-state index in [1.165, 1.54) is 25.9 Å². The van der Waals surface area contributed by atoms with Crippen molar-refractivity contribution in [3.63, 3.8) is 0 Å². The summed E-state index contributed by atoms with van der Waals surface area (Å²) in [6.45, 7) is 9.61. The van der Waals surface area contributed by atoms with Crippen molar-refractivity contribution in [3.05, 3.63) is 0 Å². The van der Waals surface area contributed by atoms with Crippen LogP contribution >= 0.6 is 0 Å². The molecule has 0 aromatic heterocycles. The molecule has 0 unspecified atom stereocenters. The molecule has 0 spiro atoms. The van der Waals surface area contributed by atoms with E-state index in [9.17, 15) is 0 Å². The molecule has 1 aliphatic rings. The van der Waals surface area contributed by atoms with Gasteiger partial charge in [-0.3, -0.25) is 4.99 Å². The van der Waals surface area contributed by atoms with E-state index in [2.05, 4.69) is 23.7 Å². The fraction of sp³-hybridized carbons (Fsp3) is 0.900. The summed E-state index contributed by atoms with van der Waals surface area (Å²) in [5, 5.41) is 0. The largest absolute Gasteiger partial charge is 0.388 e. The molecule has 1 saturated heterocycles. The van der Waals surface area contributed by atoms with Crippen molar-refractivity contribution in [2.75, 3.05) is 19.6 Å². The standard InChI is InChI=1S/C10H21N3/c1-9(11)12-10(2,3)8-13-6-4-5-7-13/h4-8H2,1-3H3,(H2,11,12). The van der Waals surface area contributed by atoms with Gasteiger partial charge in [-0.15, -0.1) is 0 Å². The first kappa shape index (κ1) is 10.5. The van der Waals surface area contributed by atoms with Gasteiger partial charge in [0.2, 0.25) is 0 Å². The summed E-state index contributed by atoms with van der Waals surface area (Å²) < 4.78 is 0. The van der Waals surface area contributed by atoms with E-state index in [1.807, 2.05) is 6.92 Å². The zero-order valence-electron chi connectivity index (χ0n) is 9.01. The van der Waals surface area contributed by atoms with Crippen LogP contribution in [0.3, 0.4) is 0 Å². The topological polar surface area (TPSA) is 41.6 Å². The summed E-state index contributed by atoms with van der Waals surface area (Å²) >= 11 is 0. The molecule has 3 nitrogen and oxygen atoms in total. The first-order valence-electron chi connectivity index (χ1n) is 5.04. The molecule has 76 valence electrons. The number of rotatable bonds is 3. The van der Waals surface area contributed by atoms with Gasteiger partial charge in [-0.25, -0.2) is 0 Å². The average Bonchev–Trinajstić information content (AvgIpc) is 2.34. The van der Waals surface area contributed by atoms with E-state index >= 15 is 0 Å². The van der Waals surface area contributed by atoms with Crippen LogP contribution in [0, 0.1) is 0 Å². The maximum Gasteiger partial charge on any atom is 0.0912 e. The lowest BCUT2D eigenvalue weighted by Gasteiger charge is -2.26. The van der Waals surface area contributed by atoms with Crippen LogP contribution in [0.15, 0.2) is 4.99 Å². The number of nitrogens with two attached hydrogens (primary N) is 1. The highest BCUT2D eigenvalue weighted by Gasteiger charge is 2.22. The molecule has 0 aromatic rings. The van der Waals surface area contributed by atoms with Crippen molar-refractivity contribution in [3.8, 4) is 0 Å². The Morgan fingerprint density at radius 3 is 2.38 bits per heavy atom. The minimum atomic E-state index is -0.0246. The third-order valence-corrected chi connectivity index (χ3v) is 2.29. The number of likely N-dealkylation sites (tertiary alicyclic amines) is 1. The molecule has 3 heteroatoms. The van der Waals surface area contributed by atoms with E-state index < -0.39 is 0 Å². The predicted octanol–water partition coefficient (Wildman–Crippen LogP) is 1.24. The Hall–Kier alpha value is -0.570. The highest BCUT2D eigenvalue weighted by molar-refractivity contribution is 5.77. The monoisotopic (exact) mass is 183 g/mol. The average molecular weight is 183 g/mol. The molecule has 1 fully saturated rings. The van der Waals surface area contributed by atoms with Crippen LogP contribution in [0.2, 0.25) is 0 Å². The Labute approximate surface area is 81.0 Å². The summed E-state index contributed by atoms with van der Waals surface area (Å²) in [6.07, 6.45) is 2.67. The van der Waals surface area contributed by atoms with Gasteiger partial charge >= 0.3 is 0 Å². The maximum atomic E-state index is 5.58. The van der Waals surface area contributed by atoms with Crippen LogP contribution in [-0.2, 0) is 0 Å². The fourth-order valence-electron chi connectivity index (χ4n) is 2.00. The van der Waals surface area contributed by atoms with Gasteiger partial charge in [0.15, 0.2) is 0 Å². The van der Waals surface area contributed by atoms with Crippen LogP contribution < -0.4 is 5.73 Å². The number of amidine groups is 1. The van der Waals surface area contributed by atoms with E-state index in [0.29, 0.717) is 5.84 Å². The van der Waals surface area contributed by atoms with Gasteiger partial charge in [0.1, 0.15) is 0 Å². The molecule has 0 radical (unpaired) electrons. The summed E-state index contributed by atoms with van der Waals surface area (Å²) in [5.41, 5.74) is 5.56. The smallest absolute Gasteiger partial charge is 0.0912 e. The van der Waals surface area contributed by atoms with E-state index in [0.717, 1.165) is 6.54 Å². The molecule has 0 saturated carbocycles. The lowest BCUT2D eigenvalue weighted by Crippen LogP contribution is -2.37. The van der Waals surface area contributed by atoms with Crippen molar-refractivity contribution in [2.45, 2.75) is 39.2 Å². The molecular weight excluding hydrogens is 162 g/mol. The van der Waals surface area contributed by atoms with Crippen LogP contribution in [0.4, 0.5) is 0 Å². The van der Waals surface area contributed by atoms with Gasteiger partial charge in [-0.05, 0) is 46.7 Å². The quantitative estimate of drug-likeness (QED) is 0.528. The second-order valence-electron chi connectivity index (χ2n) is 4.55. The van der Waals surface area contributed by atoms with Crippen LogP contribution in [0.1, 0.15) is 33.6 Å². The van der Waals surface area contributed by atoms with Crippen LogP contribution in [0.25, 0.3) is 0 Å². The summed E-state index contributed by atoms with van der Waals surface area (Å²) in [5.74, 6) is 0.684.